The number of anilines is 2. The van der Waals surface area contributed by atoms with Crippen molar-refractivity contribution in [3.8, 4) is 0 Å². The van der Waals surface area contributed by atoms with Gasteiger partial charge in [-0.25, -0.2) is 0 Å². The van der Waals surface area contributed by atoms with Gasteiger partial charge in [0.2, 0.25) is 5.91 Å². The third-order valence-corrected chi connectivity index (χ3v) is 3.06. The van der Waals surface area contributed by atoms with E-state index in [0.29, 0.717) is 17.7 Å². The molecule has 4 nitrogen and oxygen atoms in total. The first-order valence-corrected chi connectivity index (χ1v) is 6.86. The highest BCUT2D eigenvalue weighted by Crippen LogP contribution is 2.15. The molecule has 0 saturated carbocycles. The molecule has 0 heterocycles. The SMILES string of the molecule is CCC(=O)Nc1ccc(NC(=O)c2ccc(C)cc2)cc1. The first-order chi connectivity index (χ1) is 10.1. The Morgan fingerprint density at radius 3 is 1.90 bits per heavy atom. The van der Waals surface area contributed by atoms with Crippen molar-refractivity contribution in [3.63, 3.8) is 0 Å². The van der Waals surface area contributed by atoms with Gasteiger partial charge < -0.3 is 10.6 Å². The summed E-state index contributed by atoms with van der Waals surface area (Å²) in [5.41, 5.74) is 3.14. The van der Waals surface area contributed by atoms with E-state index in [-0.39, 0.29) is 11.8 Å². The molecule has 2 rings (SSSR count). The van der Waals surface area contributed by atoms with Gasteiger partial charge in [0.1, 0.15) is 0 Å². The summed E-state index contributed by atoms with van der Waals surface area (Å²) >= 11 is 0. The molecule has 2 N–H and O–H groups in total. The maximum absolute atomic E-state index is 12.1. The van der Waals surface area contributed by atoms with Crippen LogP contribution in [0.4, 0.5) is 11.4 Å². The van der Waals surface area contributed by atoms with Crippen LogP contribution in [0.3, 0.4) is 0 Å². The molecule has 0 fully saturated rings. The second kappa shape index (κ2) is 6.70. The van der Waals surface area contributed by atoms with E-state index in [0.717, 1.165) is 11.3 Å². The standard InChI is InChI=1S/C17H18N2O2/c1-3-16(20)18-14-8-10-15(11-9-14)19-17(21)13-6-4-12(2)5-7-13/h4-11H,3H2,1-2H3,(H,18,20)(H,19,21). The number of carbonyl (C=O) groups excluding carboxylic acids is 2. The Labute approximate surface area is 124 Å². The maximum Gasteiger partial charge on any atom is 0.255 e. The highest BCUT2D eigenvalue weighted by atomic mass is 16.2. The summed E-state index contributed by atoms with van der Waals surface area (Å²) in [7, 11) is 0. The highest BCUT2D eigenvalue weighted by Gasteiger charge is 2.06. The van der Waals surface area contributed by atoms with E-state index in [1.54, 1.807) is 43.3 Å². The first kappa shape index (κ1) is 14.8. The van der Waals surface area contributed by atoms with Crippen LogP contribution in [0, 0.1) is 6.92 Å². The van der Waals surface area contributed by atoms with Gasteiger partial charge in [0.05, 0.1) is 0 Å². The van der Waals surface area contributed by atoms with Gasteiger partial charge in [-0.2, -0.15) is 0 Å². The van der Waals surface area contributed by atoms with Crippen LogP contribution in [0.15, 0.2) is 48.5 Å². The van der Waals surface area contributed by atoms with Gasteiger partial charge in [-0.1, -0.05) is 24.6 Å². The summed E-state index contributed by atoms with van der Waals surface area (Å²) in [5, 5.41) is 5.58. The molecule has 108 valence electrons. The van der Waals surface area contributed by atoms with Crippen molar-refractivity contribution >= 4 is 23.2 Å². The molecule has 21 heavy (non-hydrogen) atoms. The zero-order chi connectivity index (χ0) is 15.2. The number of aryl methyl sites for hydroxylation is 1. The summed E-state index contributed by atoms with van der Waals surface area (Å²) in [6, 6.07) is 14.4. The molecule has 4 heteroatoms. The summed E-state index contributed by atoms with van der Waals surface area (Å²) in [6.45, 7) is 3.77. The number of carbonyl (C=O) groups is 2. The fraction of sp³-hybridized carbons (Fsp3) is 0.176. The van der Waals surface area contributed by atoms with Crippen molar-refractivity contribution < 1.29 is 9.59 Å². The van der Waals surface area contributed by atoms with Gasteiger partial charge in [-0.15, -0.1) is 0 Å². The summed E-state index contributed by atoms with van der Waals surface area (Å²) in [6.07, 6.45) is 0.436. The summed E-state index contributed by atoms with van der Waals surface area (Å²) < 4.78 is 0. The van der Waals surface area contributed by atoms with Crippen molar-refractivity contribution in [2.24, 2.45) is 0 Å². The molecule has 0 saturated heterocycles. The number of benzene rings is 2. The third-order valence-electron chi connectivity index (χ3n) is 3.06. The predicted molar refractivity (Wildman–Crippen MR) is 84.5 cm³/mol. The summed E-state index contributed by atoms with van der Waals surface area (Å²) in [4.78, 5) is 23.3. The second-order valence-corrected chi connectivity index (χ2v) is 4.80. The highest BCUT2D eigenvalue weighted by molar-refractivity contribution is 6.04. The van der Waals surface area contributed by atoms with E-state index in [9.17, 15) is 9.59 Å². The number of rotatable bonds is 4. The average Bonchev–Trinajstić information content (AvgIpc) is 2.49. The zero-order valence-corrected chi connectivity index (χ0v) is 12.1. The van der Waals surface area contributed by atoms with E-state index >= 15 is 0 Å². The Hall–Kier alpha value is -2.62. The number of amides is 2. The quantitative estimate of drug-likeness (QED) is 0.900. The Bertz CT molecular complexity index is 631. The van der Waals surface area contributed by atoms with Gasteiger partial charge in [0.15, 0.2) is 0 Å². The van der Waals surface area contributed by atoms with Gasteiger partial charge in [-0.3, -0.25) is 9.59 Å². The molecule has 2 amide bonds. The molecule has 2 aromatic carbocycles. The molecule has 0 spiro atoms. The van der Waals surface area contributed by atoms with E-state index in [4.69, 9.17) is 0 Å². The minimum atomic E-state index is -0.152. The Morgan fingerprint density at radius 2 is 1.38 bits per heavy atom. The number of nitrogens with one attached hydrogen (secondary N) is 2. The van der Waals surface area contributed by atoms with Gasteiger partial charge >= 0.3 is 0 Å². The Kier molecular flexibility index (Phi) is 4.72. The number of hydrogen-bond acceptors (Lipinski definition) is 2. The van der Waals surface area contributed by atoms with Crippen LogP contribution in [0.25, 0.3) is 0 Å². The lowest BCUT2D eigenvalue weighted by Gasteiger charge is -2.07. The van der Waals surface area contributed by atoms with Crippen molar-refractivity contribution in [1.29, 1.82) is 0 Å². The molecule has 0 aliphatic heterocycles. The van der Waals surface area contributed by atoms with Crippen LogP contribution < -0.4 is 10.6 Å². The first-order valence-electron chi connectivity index (χ1n) is 6.86. The molecule has 0 bridgehead atoms. The molecule has 0 atom stereocenters. The lowest BCUT2D eigenvalue weighted by Crippen LogP contribution is -2.12. The molecule has 0 aliphatic carbocycles. The fourth-order valence-electron chi connectivity index (χ4n) is 1.79. The molecule has 2 aromatic rings. The minimum Gasteiger partial charge on any atom is -0.326 e. The van der Waals surface area contributed by atoms with Crippen LogP contribution in [-0.4, -0.2) is 11.8 Å². The topological polar surface area (TPSA) is 58.2 Å². The summed E-state index contributed by atoms with van der Waals surface area (Å²) in [5.74, 6) is -0.188. The smallest absolute Gasteiger partial charge is 0.255 e. The average molecular weight is 282 g/mol. The van der Waals surface area contributed by atoms with Gasteiger partial charge in [0, 0.05) is 23.4 Å². The predicted octanol–water partition coefficient (Wildman–Crippen LogP) is 3.60. The van der Waals surface area contributed by atoms with Crippen LogP contribution in [-0.2, 0) is 4.79 Å². The van der Waals surface area contributed by atoms with Gasteiger partial charge in [0.25, 0.3) is 5.91 Å². The van der Waals surface area contributed by atoms with Crippen LogP contribution in [0.1, 0.15) is 29.3 Å². The molecule has 0 unspecified atom stereocenters. The molecule has 0 aliphatic rings. The zero-order valence-electron chi connectivity index (χ0n) is 12.1. The monoisotopic (exact) mass is 282 g/mol. The van der Waals surface area contributed by atoms with Crippen molar-refractivity contribution in [3.05, 3.63) is 59.7 Å². The minimum absolute atomic E-state index is 0.0357. The lowest BCUT2D eigenvalue weighted by atomic mass is 10.1. The largest absolute Gasteiger partial charge is 0.326 e. The van der Waals surface area contributed by atoms with Crippen LogP contribution in [0.2, 0.25) is 0 Å². The van der Waals surface area contributed by atoms with Crippen LogP contribution >= 0.6 is 0 Å². The van der Waals surface area contributed by atoms with E-state index in [1.165, 1.54) is 0 Å². The van der Waals surface area contributed by atoms with Crippen molar-refractivity contribution in [1.82, 2.24) is 0 Å². The molecular weight excluding hydrogens is 264 g/mol. The lowest BCUT2D eigenvalue weighted by molar-refractivity contribution is -0.115. The number of hydrogen-bond donors (Lipinski definition) is 2. The van der Waals surface area contributed by atoms with Crippen LogP contribution in [0.5, 0.6) is 0 Å². The molecule has 0 radical (unpaired) electrons. The Balaban J connectivity index is 2.01. The maximum atomic E-state index is 12.1. The fourth-order valence-corrected chi connectivity index (χ4v) is 1.79. The second-order valence-electron chi connectivity index (χ2n) is 4.80. The Morgan fingerprint density at radius 1 is 0.857 bits per heavy atom. The molecular formula is C17H18N2O2. The van der Waals surface area contributed by atoms with Crippen molar-refractivity contribution in [2.45, 2.75) is 20.3 Å². The third kappa shape index (κ3) is 4.18. The van der Waals surface area contributed by atoms with Crippen molar-refractivity contribution in [2.75, 3.05) is 10.6 Å². The van der Waals surface area contributed by atoms with E-state index in [2.05, 4.69) is 10.6 Å². The molecule has 0 aromatic heterocycles. The van der Waals surface area contributed by atoms with Gasteiger partial charge in [-0.05, 0) is 43.3 Å². The van der Waals surface area contributed by atoms with E-state index < -0.39 is 0 Å². The van der Waals surface area contributed by atoms with E-state index in [1.807, 2.05) is 19.1 Å². The normalized spacial score (nSPS) is 10.0.